The number of likely N-dealkylation sites (tertiary alicyclic amines) is 1. The Balaban J connectivity index is 1.44. The van der Waals surface area contributed by atoms with E-state index in [0.717, 1.165) is 18.3 Å². The molecule has 1 unspecified atom stereocenters. The zero-order valence-corrected chi connectivity index (χ0v) is 8.85. The number of nitrogens with one attached hydrogen (secondary N) is 1. The van der Waals surface area contributed by atoms with Crippen LogP contribution in [0.25, 0.3) is 0 Å². The molecule has 82 valence electrons. The second-order valence-corrected chi connectivity index (χ2v) is 4.56. The Labute approximate surface area is 89.7 Å². The van der Waals surface area contributed by atoms with E-state index in [-0.39, 0.29) is 0 Å². The molecule has 1 aromatic heterocycles. The van der Waals surface area contributed by atoms with Crippen LogP contribution in [0.3, 0.4) is 0 Å². The van der Waals surface area contributed by atoms with Gasteiger partial charge in [-0.2, -0.15) is 0 Å². The second-order valence-electron chi connectivity index (χ2n) is 4.56. The van der Waals surface area contributed by atoms with Crippen molar-refractivity contribution in [2.45, 2.75) is 37.9 Å². The first kappa shape index (κ1) is 9.36. The first-order chi connectivity index (χ1) is 7.42. The maximum Gasteiger partial charge on any atom is 0.180 e. The zero-order valence-electron chi connectivity index (χ0n) is 8.85. The number of oxazole rings is 1. The maximum atomic E-state index is 5.19. The van der Waals surface area contributed by atoms with E-state index < -0.39 is 0 Å². The molecule has 2 heterocycles. The predicted molar refractivity (Wildman–Crippen MR) is 56.3 cm³/mol. The SMILES string of the molecule is c1ncc(CNC2CCN(C3CC3)C2)o1. The lowest BCUT2D eigenvalue weighted by Gasteiger charge is -2.15. The molecule has 1 atom stereocenters. The third-order valence-electron chi connectivity index (χ3n) is 3.33. The van der Waals surface area contributed by atoms with Gasteiger partial charge in [-0.05, 0) is 19.3 Å². The van der Waals surface area contributed by atoms with Crippen LogP contribution < -0.4 is 5.32 Å². The van der Waals surface area contributed by atoms with Crippen molar-refractivity contribution in [2.24, 2.45) is 0 Å². The van der Waals surface area contributed by atoms with E-state index >= 15 is 0 Å². The number of hydrogen-bond donors (Lipinski definition) is 1. The van der Waals surface area contributed by atoms with Crippen LogP contribution in [-0.4, -0.2) is 35.1 Å². The molecule has 1 aliphatic carbocycles. The summed E-state index contributed by atoms with van der Waals surface area (Å²) >= 11 is 0. The molecule has 3 rings (SSSR count). The fraction of sp³-hybridized carbons (Fsp3) is 0.727. The normalized spacial score (nSPS) is 27.3. The van der Waals surface area contributed by atoms with Gasteiger partial charge in [-0.25, -0.2) is 4.98 Å². The standard InChI is InChI=1S/C11H17N3O/c1-2-10(1)14-4-3-9(7-14)13-6-11-5-12-8-15-11/h5,8-10,13H,1-4,6-7H2. The number of hydrogen-bond acceptors (Lipinski definition) is 4. The molecule has 1 N–H and O–H groups in total. The van der Waals surface area contributed by atoms with Gasteiger partial charge in [0.05, 0.1) is 12.7 Å². The summed E-state index contributed by atoms with van der Waals surface area (Å²) in [4.78, 5) is 6.51. The largest absolute Gasteiger partial charge is 0.447 e. The van der Waals surface area contributed by atoms with Crippen molar-refractivity contribution in [3.8, 4) is 0 Å². The van der Waals surface area contributed by atoms with Crippen LogP contribution in [0.2, 0.25) is 0 Å². The summed E-state index contributed by atoms with van der Waals surface area (Å²) < 4.78 is 5.19. The summed E-state index contributed by atoms with van der Waals surface area (Å²) in [6, 6.07) is 1.54. The molecule has 4 nitrogen and oxygen atoms in total. The van der Waals surface area contributed by atoms with Crippen molar-refractivity contribution in [3.63, 3.8) is 0 Å². The Morgan fingerprint density at radius 1 is 1.47 bits per heavy atom. The van der Waals surface area contributed by atoms with Crippen molar-refractivity contribution in [1.82, 2.24) is 15.2 Å². The maximum absolute atomic E-state index is 5.19. The van der Waals surface area contributed by atoms with Crippen LogP contribution >= 0.6 is 0 Å². The highest BCUT2D eigenvalue weighted by Gasteiger charge is 2.34. The quantitative estimate of drug-likeness (QED) is 0.799. The van der Waals surface area contributed by atoms with Crippen LogP contribution in [0.1, 0.15) is 25.0 Å². The summed E-state index contributed by atoms with van der Waals surface area (Å²) in [5.74, 6) is 0.930. The Kier molecular flexibility index (Phi) is 2.46. The van der Waals surface area contributed by atoms with E-state index in [1.807, 2.05) is 0 Å². The Morgan fingerprint density at radius 3 is 3.13 bits per heavy atom. The van der Waals surface area contributed by atoms with Crippen LogP contribution in [0.4, 0.5) is 0 Å². The molecular formula is C11H17N3O. The van der Waals surface area contributed by atoms with E-state index in [4.69, 9.17) is 4.42 Å². The minimum absolute atomic E-state index is 0.635. The lowest BCUT2D eigenvalue weighted by molar-refractivity contribution is 0.315. The summed E-state index contributed by atoms with van der Waals surface area (Å²) in [5, 5.41) is 3.52. The Hall–Kier alpha value is -0.870. The van der Waals surface area contributed by atoms with E-state index in [0.29, 0.717) is 6.04 Å². The first-order valence-corrected chi connectivity index (χ1v) is 5.76. The average molecular weight is 207 g/mol. The van der Waals surface area contributed by atoms with Crippen molar-refractivity contribution in [1.29, 1.82) is 0 Å². The molecule has 15 heavy (non-hydrogen) atoms. The van der Waals surface area contributed by atoms with Gasteiger partial charge in [0.1, 0.15) is 5.76 Å². The van der Waals surface area contributed by atoms with E-state index in [1.165, 1.54) is 38.7 Å². The minimum atomic E-state index is 0.635. The molecule has 0 aromatic carbocycles. The zero-order chi connectivity index (χ0) is 10.1. The third-order valence-corrected chi connectivity index (χ3v) is 3.33. The lowest BCUT2D eigenvalue weighted by Crippen LogP contribution is -2.32. The third kappa shape index (κ3) is 2.21. The highest BCUT2D eigenvalue weighted by molar-refractivity contribution is 4.94. The summed E-state index contributed by atoms with van der Waals surface area (Å²) in [6.45, 7) is 3.28. The van der Waals surface area contributed by atoms with Crippen LogP contribution in [0, 0.1) is 0 Å². The van der Waals surface area contributed by atoms with Gasteiger partial charge in [0, 0.05) is 25.2 Å². The lowest BCUT2D eigenvalue weighted by atomic mass is 10.2. The van der Waals surface area contributed by atoms with E-state index in [1.54, 1.807) is 6.20 Å². The molecular weight excluding hydrogens is 190 g/mol. The summed E-state index contributed by atoms with van der Waals surface area (Å²) in [6.07, 6.45) is 7.36. The number of aromatic nitrogens is 1. The van der Waals surface area contributed by atoms with Crippen molar-refractivity contribution in [3.05, 3.63) is 18.4 Å². The van der Waals surface area contributed by atoms with Gasteiger partial charge >= 0.3 is 0 Å². The Morgan fingerprint density at radius 2 is 2.40 bits per heavy atom. The monoisotopic (exact) mass is 207 g/mol. The molecule has 4 heteroatoms. The number of rotatable bonds is 4. The van der Waals surface area contributed by atoms with E-state index in [2.05, 4.69) is 15.2 Å². The van der Waals surface area contributed by atoms with Gasteiger partial charge in [0.15, 0.2) is 6.39 Å². The predicted octanol–water partition coefficient (Wildman–Crippen LogP) is 1.00. The molecule has 0 amide bonds. The molecule has 0 bridgehead atoms. The highest BCUT2D eigenvalue weighted by atomic mass is 16.3. The first-order valence-electron chi connectivity index (χ1n) is 5.76. The van der Waals surface area contributed by atoms with Gasteiger partial charge in [0.2, 0.25) is 0 Å². The number of nitrogens with zero attached hydrogens (tertiary/aromatic N) is 2. The van der Waals surface area contributed by atoms with E-state index in [9.17, 15) is 0 Å². The van der Waals surface area contributed by atoms with Crippen molar-refractivity contribution >= 4 is 0 Å². The fourth-order valence-corrected chi connectivity index (χ4v) is 2.30. The van der Waals surface area contributed by atoms with Crippen LogP contribution in [0.5, 0.6) is 0 Å². The molecule has 1 aliphatic heterocycles. The summed E-state index contributed by atoms with van der Waals surface area (Å²) in [7, 11) is 0. The van der Waals surface area contributed by atoms with Gasteiger partial charge in [0.25, 0.3) is 0 Å². The molecule has 1 saturated heterocycles. The molecule has 2 fully saturated rings. The highest BCUT2D eigenvalue weighted by Crippen LogP contribution is 2.29. The van der Waals surface area contributed by atoms with Gasteiger partial charge in [-0.1, -0.05) is 0 Å². The van der Waals surface area contributed by atoms with Crippen LogP contribution in [0.15, 0.2) is 17.0 Å². The fourth-order valence-electron chi connectivity index (χ4n) is 2.30. The van der Waals surface area contributed by atoms with Gasteiger partial charge in [-0.3, -0.25) is 4.90 Å². The molecule has 2 aliphatic rings. The minimum Gasteiger partial charge on any atom is -0.447 e. The summed E-state index contributed by atoms with van der Waals surface area (Å²) in [5.41, 5.74) is 0. The smallest absolute Gasteiger partial charge is 0.180 e. The molecule has 1 saturated carbocycles. The average Bonchev–Trinajstić information content (AvgIpc) is 2.82. The molecule has 0 radical (unpaired) electrons. The Bertz CT molecular complexity index is 308. The van der Waals surface area contributed by atoms with Crippen molar-refractivity contribution < 1.29 is 4.42 Å². The molecule has 1 aromatic rings. The van der Waals surface area contributed by atoms with Crippen LogP contribution in [-0.2, 0) is 6.54 Å². The van der Waals surface area contributed by atoms with Gasteiger partial charge in [-0.15, -0.1) is 0 Å². The topological polar surface area (TPSA) is 41.3 Å². The van der Waals surface area contributed by atoms with Gasteiger partial charge < -0.3 is 9.73 Å². The molecule has 0 spiro atoms. The second kappa shape index (κ2) is 3.94. The van der Waals surface area contributed by atoms with Crippen molar-refractivity contribution in [2.75, 3.05) is 13.1 Å².